The fourth-order valence-corrected chi connectivity index (χ4v) is 10.1. The number of carbonyl (C=O) groups is 4. The van der Waals surface area contributed by atoms with Crippen molar-refractivity contribution in [2.75, 3.05) is 44.2 Å². The zero-order chi connectivity index (χ0) is 46.1. The number of unbranched alkanes of at least 4 members (excludes halogenated alkanes) is 3. The predicted octanol–water partition coefficient (Wildman–Crippen LogP) is 8.73. The molecule has 3 aromatic carbocycles. The van der Waals surface area contributed by atoms with Crippen molar-refractivity contribution in [3.63, 3.8) is 0 Å². The maximum absolute atomic E-state index is 13.9. The van der Waals surface area contributed by atoms with Crippen molar-refractivity contribution < 1.29 is 37.1 Å². The number of piperazine rings is 1. The van der Waals surface area contributed by atoms with Gasteiger partial charge in [-0.25, -0.2) is 4.79 Å². The number of halogens is 3. The molecule has 64 heavy (non-hydrogen) atoms. The van der Waals surface area contributed by atoms with Crippen molar-refractivity contribution in [3.8, 4) is 11.8 Å². The highest BCUT2D eigenvalue weighted by Crippen LogP contribution is 2.56. The lowest BCUT2D eigenvalue weighted by Crippen LogP contribution is -2.74. The Kier molecular flexibility index (Phi) is 13.2. The third-order valence-corrected chi connectivity index (χ3v) is 13.3. The van der Waals surface area contributed by atoms with Gasteiger partial charge >= 0.3 is 12.2 Å². The smallest absolute Gasteiger partial charge is 0.417 e. The molecule has 1 saturated carbocycles. The number of urea groups is 1. The molecule has 0 unspecified atom stereocenters. The summed E-state index contributed by atoms with van der Waals surface area (Å²) in [6, 6.07) is 17.6. The van der Waals surface area contributed by atoms with E-state index in [4.69, 9.17) is 10.00 Å². The van der Waals surface area contributed by atoms with Gasteiger partial charge in [-0.05, 0) is 93.7 Å². The Hall–Kier alpha value is -5.88. The maximum Gasteiger partial charge on any atom is 0.417 e. The Morgan fingerprint density at radius 3 is 2.22 bits per heavy atom. The summed E-state index contributed by atoms with van der Waals surface area (Å²) < 4.78 is 49.0. The van der Waals surface area contributed by atoms with E-state index < -0.39 is 40.3 Å². The molecule has 0 spiro atoms. The number of nitrogens with zero attached hydrogens (tertiary/aromatic N) is 5. The van der Waals surface area contributed by atoms with E-state index in [1.807, 2.05) is 75.2 Å². The van der Waals surface area contributed by atoms with Crippen LogP contribution in [0.15, 0.2) is 66.9 Å². The Bertz CT molecular complexity index is 2430. The molecule has 2 N–H and O–H groups in total. The number of carbonyl (C=O) groups excluding carboxylic acids is 4. The molecule has 0 atom stereocenters. The Morgan fingerprint density at radius 2 is 1.58 bits per heavy atom. The van der Waals surface area contributed by atoms with Crippen LogP contribution in [0, 0.1) is 22.2 Å². The molecule has 340 valence electrons. The van der Waals surface area contributed by atoms with Crippen LogP contribution in [0.3, 0.4) is 0 Å². The van der Waals surface area contributed by atoms with Crippen LogP contribution in [0.1, 0.15) is 117 Å². The number of anilines is 1. The topological polar surface area (TPSA) is 140 Å². The SMILES string of the molecule is CC(C)n1ccc2c(N3CCC(=O)NC3=O)cc(C(=O)N3CCN(CCCCCCc4ccc(C(=O)N[C@H]5C(C)(C)[C@H](Oc6ccc(C#N)c(C(F)(F)F)c6)C5(C)C)cc4)CC3)cc21. The molecule has 2 saturated heterocycles. The van der Waals surface area contributed by atoms with Crippen molar-refractivity contribution in [3.05, 3.63) is 94.7 Å². The quantitative estimate of drug-likeness (QED) is 0.121. The van der Waals surface area contributed by atoms with Crippen LogP contribution < -0.4 is 20.3 Å². The number of nitrogens with one attached hydrogen (secondary N) is 2. The van der Waals surface area contributed by atoms with Crippen molar-refractivity contribution in [1.82, 2.24) is 25.0 Å². The lowest BCUT2D eigenvalue weighted by molar-refractivity contribution is -0.164. The highest BCUT2D eigenvalue weighted by molar-refractivity contribution is 6.11. The zero-order valence-corrected chi connectivity index (χ0v) is 37.5. The van der Waals surface area contributed by atoms with Gasteiger partial charge < -0.3 is 19.5 Å². The molecular formula is C49H58F3N7O5. The molecule has 5 amide bonds. The van der Waals surface area contributed by atoms with Gasteiger partial charge in [0, 0.05) is 84.8 Å². The number of aryl methyl sites for hydroxylation is 1. The highest BCUT2D eigenvalue weighted by atomic mass is 19.4. The van der Waals surface area contributed by atoms with Crippen molar-refractivity contribution >= 4 is 40.3 Å². The zero-order valence-electron chi connectivity index (χ0n) is 37.5. The molecule has 3 aliphatic rings. The number of alkyl halides is 3. The van der Waals surface area contributed by atoms with Crippen LogP contribution in [0.4, 0.5) is 23.7 Å². The molecule has 3 fully saturated rings. The molecule has 4 aromatic rings. The fraction of sp³-hybridized carbons (Fsp3) is 0.490. The average molecular weight is 882 g/mol. The Morgan fingerprint density at radius 1 is 0.891 bits per heavy atom. The van der Waals surface area contributed by atoms with Gasteiger partial charge in [-0.15, -0.1) is 0 Å². The lowest BCUT2D eigenvalue weighted by Gasteiger charge is -2.63. The first-order chi connectivity index (χ1) is 30.3. The number of nitriles is 1. The predicted molar refractivity (Wildman–Crippen MR) is 238 cm³/mol. The second-order valence-electron chi connectivity index (χ2n) is 18.9. The first-order valence-corrected chi connectivity index (χ1v) is 22.2. The second kappa shape index (κ2) is 18.3. The Balaban J connectivity index is 0.835. The minimum atomic E-state index is -4.69. The van der Waals surface area contributed by atoms with Crippen molar-refractivity contribution in [1.29, 1.82) is 5.26 Å². The van der Waals surface area contributed by atoms with Gasteiger partial charge in [-0.3, -0.25) is 29.5 Å². The molecule has 1 aromatic heterocycles. The summed E-state index contributed by atoms with van der Waals surface area (Å²) in [6.45, 7) is 15.9. The number of imide groups is 1. The number of ether oxygens (including phenoxy) is 1. The number of aromatic nitrogens is 1. The average Bonchev–Trinajstić information content (AvgIpc) is 3.70. The van der Waals surface area contributed by atoms with E-state index >= 15 is 0 Å². The lowest BCUT2D eigenvalue weighted by atomic mass is 9.49. The molecule has 0 bridgehead atoms. The second-order valence-corrected chi connectivity index (χ2v) is 18.9. The number of rotatable bonds is 14. The molecule has 12 nitrogen and oxygen atoms in total. The van der Waals surface area contributed by atoms with Crippen molar-refractivity contribution in [2.45, 2.75) is 104 Å². The van der Waals surface area contributed by atoms with E-state index in [1.165, 1.54) is 6.07 Å². The summed E-state index contributed by atoms with van der Waals surface area (Å²) >= 11 is 0. The van der Waals surface area contributed by atoms with Gasteiger partial charge in [0.1, 0.15) is 11.9 Å². The number of hydrogen-bond acceptors (Lipinski definition) is 7. The summed E-state index contributed by atoms with van der Waals surface area (Å²) in [4.78, 5) is 57.9. The van der Waals surface area contributed by atoms with E-state index in [0.717, 1.165) is 80.3 Å². The monoisotopic (exact) mass is 881 g/mol. The van der Waals surface area contributed by atoms with Crippen LogP contribution >= 0.6 is 0 Å². The van der Waals surface area contributed by atoms with Crippen LogP contribution in [-0.2, 0) is 17.4 Å². The largest absolute Gasteiger partial charge is 0.489 e. The van der Waals surface area contributed by atoms with E-state index in [1.54, 1.807) is 17.0 Å². The van der Waals surface area contributed by atoms with Crippen LogP contribution in [0.2, 0.25) is 0 Å². The first kappa shape index (κ1) is 46.1. The molecule has 15 heteroatoms. The van der Waals surface area contributed by atoms with Gasteiger partial charge in [-0.1, -0.05) is 52.7 Å². The van der Waals surface area contributed by atoms with Crippen LogP contribution in [0.5, 0.6) is 5.75 Å². The third kappa shape index (κ3) is 9.48. The normalized spacial score (nSPS) is 19.9. The van der Waals surface area contributed by atoms with Gasteiger partial charge in [0.25, 0.3) is 11.8 Å². The summed E-state index contributed by atoms with van der Waals surface area (Å²) in [6.07, 6.45) is 2.11. The third-order valence-electron chi connectivity index (χ3n) is 13.3. The van der Waals surface area contributed by atoms with Crippen LogP contribution in [0.25, 0.3) is 10.9 Å². The summed E-state index contributed by atoms with van der Waals surface area (Å²) in [5, 5.41) is 15.6. The number of hydrogen-bond donors (Lipinski definition) is 2. The number of fused-ring (bicyclic) bond motifs is 1. The fourth-order valence-electron chi connectivity index (χ4n) is 10.1. The molecule has 1 aliphatic carbocycles. The van der Waals surface area contributed by atoms with E-state index in [-0.39, 0.29) is 48.5 Å². The van der Waals surface area contributed by atoms with E-state index in [2.05, 4.69) is 33.9 Å². The molecular weight excluding hydrogens is 824 g/mol. The van der Waals surface area contributed by atoms with E-state index in [0.29, 0.717) is 29.9 Å². The van der Waals surface area contributed by atoms with E-state index in [9.17, 15) is 32.3 Å². The minimum absolute atomic E-state index is 0.0228. The summed E-state index contributed by atoms with van der Waals surface area (Å²) in [5.41, 5.74) is 1.01. The summed E-state index contributed by atoms with van der Waals surface area (Å²) in [5.74, 6) is -0.573. The minimum Gasteiger partial charge on any atom is -0.489 e. The summed E-state index contributed by atoms with van der Waals surface area (Å²) in [7, 11) is 0. The number of benzene rings is 3. The van der Waals surface area contributed by atoms with Gasteiger partial charge in [-0.2, -0.15) is 18.4 Å². The van der Waals surface area contributed by atoms with Gasteiger partial charge in [0.2, 0.25) is 5.91 Å². The molecule has 0 radical (unpaired) electrons. The molecule has 2 aliphatic heterocycles. The maximum atomic E-state index is 13.9. The molecule has 7 rings (SSSR count). The van der Waals surface area contributed by atoms with Gasteiger partial charge in [0.05, 0.1) is 28.4 Å². The Labute approximate surface area is 372 Å². The van der Waals surface area contributed by atoms with Crippen LogP contribution in [-0.4, -0.2) is 89.5 Å². The van der Waals surface area contributed by atoms with Gasteiger partial charge in [0.15, 0.2) is 0 Å². The van der Waals surface area contributed by atoms with Crippen molar-refractivity contribution in [2.24, 2.45) is 10.8 Å². The first-order valence-electron chi connectivity index (χ1n) is 22.2. The molecule has 3 heterocycles. The standard InChI is InChI=1S/C49H58F3N7O5/c1-31(2)58-21-18-37-39(58)27-35(28-40(37)59-22-19-41(60)54-46(59)63)43(62)57-25-23-56(24-26-57)20-10-8-7-9-11-32-12-14-33(15-13-32)42(61)55-44-47(3,4)45(48(44,5)6)64-36-17-16-34(30-53)38(29-36)49(50,51)52/h12-18,21,27-29,31,44-45H,7-11,19-20,22-26H2,1-6H3,(H,55,61)(H,54,60,63)/t44-,45-. The number of amides is 5. The highest BCUT2D eigenvalue weighted by Gasteiger charge is 2.64.